The number of ketones is 6. The summed E-state index contributed by atoms with van der Waals surface area (Å²) in [6.07, 6.45) is 7.33. The molecule has 8 atom stereocenters. The van der Waals surface area contributed by atoms with Crippen LogP contribution in [0.5, 0.6) is 0 Å². The van der Waals surface area contributed by atoms with Crippen molar-refractivity contribution in [3.05, 3.63) is 120 Å². The van der Waals surface area contributed by atoms with Crippen LogP contribution in [0.2, 0.25) is 0 Å². The molecule has 3 N–H and O–H groups in total. The summed E-state index contributed by atoms with van der Waals surface area (Å²) in [4.78, 5) is 116. The maximum Gasteiger partial charge on any atom is 0.163 e. The van der Waals surface area contributed by atoms with E-state index in [2.05, 4.69) is 34.6 Å². The molecule has 3 saturated heterocycles. The van der Waals surface area contributed by atoms with Crippen molar-refractivity contribution >= 4 is 41.5 Å². The Bertz CT molecular complexity index is 2220. The number of aliphatic hydroxyl groups excluding tert-OH is 1. The summed E-state index contributed by atoms with van der Waals surface area (Å²) >= 11 is 0. The average Bonchev–Trinajstić information content (AvgIpc) is 3.36. The molecule has 3 aliphatic heterocycles. The van der Waals surface area contributed by atoms with Gasteiger partial charge in [0.2, 0.25) is 0 Å². The van der Waals surface area contributed by atoms with Crippen molar-refractivity contribution in [2.45, 2.75) is 64.7 Å². The minimum Gasteiger partial charge on any atom is -0.400 e. The standard InChI is InChI=1S/C28H37N5O3.C20H21N3O3.C4H12N2.CH4O.CH2O/c1-20(34)27-12-16-33(19-18-31(3)4)17-13-28(21(2)35,26(27)36)25(23-11-7-9-15-30-23)32(5)24(27)22-10-6-8-14-29-22;1-12(24)16-18(14-8-4-6-10-21-14)23(3)19(15-9-5-7-11-22-15)17(13(2)25)20(16)26;1-6(2)4-3-5;2*1-2/h6-11,14-15,24-25H,12-13,16-19H2,1-5H3;4-11,16-19H,1-3H3;3-5H2,1-2H3;2H,1H3;1H2. The Kier molecular flexibility index (Phi) is 23.7. The number of likely N-dealkylation sites (tertiary alicyclic amines) is 3. The van der Waals surface area contributed by atoms with Gasteiger partial charge >= 0.3 is 0 Å². The number of aliphatic hydroxyl groups is 1. The molecule has 8 unspecified atom stereocenters. The first kappa shape index (κ1) is 60.3. The summed E-state index contributed by atoms with van der Waals surface area (Å²) in [6.45, 7) is 12.4. The van der Waals surface area contributed by atoms with Gasteiger partial charge in [0.15, 0.2) is 11.6 Å². The molecule has 7 heterocycles. The second-order valence-electron chi connectivity index (χ2n) is 18.7. The van der Waals surface area contributed by atoms with E-state index >= 15 is 0 Å². The smallest absolute Gasteiger partial charge is 0.163 e. The highest BCUT2D eigenvalue weighted by Gasteiger charge is 2.69. The van der Waals surface area contributed by atoms with E-state index in [0.717, 1.165) is 33.3 Å². The zero-order valence-electron chi connectivity index (χ0n) is 44.0. The molecule has 0 saturated carbocycles. The van der Waals surface area contributed by atoms with Crippen LogP contribution in [-0.4, -0.2) is 180 Å². The molecular formula is C54H76N10O8. The molecule has 18 nitrogen and oxygen atoms in total. The SMILES string of the molecule is C=O.CC(=O)C12CCN(CCN(C)C)CCC(C(C)=O)(C1=O)C(c1ccccn1)N(C)C2c1ccccn1.CC(=O)C1C(=O)C(C(C)=O)C(c2ccccn2)N(C)C1c1ccccn1.CN(C)CCN.CO. The lowest BCUT2D eigenvalue weighted by Gasteiger charge is -2.58. The average molecular weight is 993 g/mol. The third kappa shape index (κ3) is 13.3. The van der Waals surface area contributed by atoms with Crippen LogP contribution in [0, 0.1) is 22.7 Å². The van der Waals surface area contributed by atoms with Crippen LogP contribution in [0.1, 0.15) is 87.5 Å². The van der Waals surface area contributed by atoms with Crippen molar-refractivity contribution in [2.24, 2.45) is 28.4 Å². The van der Waals surface area contributed by atoms with E-state index in [4.69, 9.17) is 15.6 Å². The molecule has 3 aliphatic rings. The molecule has 0 aliphatic carbocycles. The van der Waals surface area contributed by atoms with Gasteiger partial charge in [-0.15, -0.1) is 0 Å². The molecule has 0 amide bonds. The molecule has 3 fully saturated rings. The first-order valence-corrected chi connectivity index (χ1v) is 24.0. The first-order valence-electron chi connectivity index (χ1n) is 24.0. The maximum atomic E-state index is 14.8. The van der Waals surface area contributed by atoms with Crippen LogP contribution >= 0.6 is 0 Å². The number of rotatable bonds is 13. The van der Waals surface area contributed by atoms with Crippen LogP contribution in [0.15, 0.2) is 97.6 Å². The van der Waals surface area contributed by atoms with Crippen LogP contribution in [-0.2, 0) is 33.6 Å². The number of aromatic nitrogens is 4. The number of fused-ring (bicyclic) bond motifs is 2. The molecule has 0 radical (unpaired) electrons. The Hall–Kier alpha value is -5.99. The lowest BCUT2D eigenvalue weighted by molar-refractivity contribution is -0.177. The fourth-order valence-corrected chi connectivity index (χ4v) is 10.5. The molecule has 390 valence electrons. The normalized spacial score (nSPS) is 25.3. The Morgan fingerprint density at radius 3 is 1.22 bits per heavy atom. The summed E-state index contributed by atoms with van der Waals surface area (Å²) in [5, 5.41) is 7.00. The van der Waals surface area contributed by atoms with Crippen molar-refractivity contribution in [1.29, 1.82) is 0 Å². The van der Waals surface area contributed by atoms with Gasteiger partial charge in [0.25, 0.3) is 0 Å². The van der Waals surface area contributed by atoms with E-state index in [1.165, 1.54) is 27.7 Å². The zero-order valence-corrected chi connectivity index (χ0v) is 44.0. The number of carbonyl (C=O) groups excluding carboxylic acids is 7. The van der Waals surface area contributed by atoms with Crippen LogP contribution in [0.3, 0.4) is 0 Å². The second-order valence-corrected chi connectivity index (χ2v) is 18.7. The number of Topliss-reactive ketones (excluding diaryl/α,β-unsaturated/α-hetero) is 6. The summed E-state index contributed by atoms with van der Waals surface area (Å²) in [5.41, 5.74) is 4.98. The predicted octanol–water partition coefficient (Wildman–Crippen LogP) is 3.70. The molecular weight excluding hydrogens is 917 g/mol. The first-order chi connectivity index (χ1) is 34.4. The number of nitrogens with zero attached hydrogens (tertiary/aromatic N) is 9. The Balaban J connectivity index is 0.000000332. The second kappa shape index (κ2) is 28.3. The van der Waals surface area contributed by atoms with Crippen molar-refractivity contribution in [1.82, 2.24) is 44.4 Å². The molecule has 0 aromatic carbocycles. The molecule has 4 aromatic rings. The highest BCUT2D eigenvalue weighted by Crippen LogP contribution is 2.60. The van der Waals surface area contributed by atoms with Crippen LogP contribution in [0.4, 0.5) is 0 Å². The topological polar surface area (TPSA) is 234 Å². The summed E-state index contributed by atoms with van der Waals surface area (Å²) in [7, 11) is 12.8. The third-order valence-electron chi connectivity index (χ3n) is 13.8. The highest BCUT2D eigenvalue weighted by molar-refractivity contribution is 6.19. The number of hydrogen-bond acceptors (Lipinski definition) is 18. The Labute approximate surface area is 425 Å². The van der Waals surface area contributed by atoms with Crippen LogP contribution in [0.25, 0.3) is 0 Å². The number of likely N-dealkylation sites (N-methyl/N-ethyl adjacent to an activating group) is 2. The summed E-state index contributed by atoms with van der Waals surface area (Å²) in [6, 6.07) is 19.7. The molecule has 0 spiro atoms. The number of pyridine rings is 4. The van der Waals surface area contributed by atoms with E-state index in [9.17, 15) is 28.8 Å². The highest BCUT2D eigenvalue weighted by atomic mass is 16.2. The number of nitrogens with two attached hydrogens (primary N) is 1. The van der Waals surface area contributed by atoms with E-state index in [1.54, 1.807) is 49.1 Å². The number of piperidine rings is 2. The quantitative estimate of drug-likeness (QED) is 0.182. The molecule has 18 heteroatoms. The van der Waals surface area contributed by atoms with Gasteiger partial charge in [-0.1, -0.05) is 24.3 Å². The fourth-order valence-electron chi connectivity index (χ4n) is 10.5. The van der Waals surface area contributed by atoms with Gasteiger partial charge in [0.1, 0.15) is 40.8 Å². The third-order valence-corrected chi connectivity index (χ3v) is 13.8. The number of carbonyl (C=O) groups is 7. The van der Waals surface area contributed by atoms with Gasteiger partial charge in [0, 0.05) is 58.1 Å². The lowest BCUT2D eigenvalue weighted by Crippen LogP contribution is -2.68. The lowest BCUT2D eigenvalue weighted by atomic mass is 9.52. The minimum atomic E-state index is -1.39. The fraction of sp³-hybridized carbons (Fsp3) is 0.500. The van der Waals surface area contributed by atoms with Gasteiger partial charge in [-0.05, 0) is 144 Å². The van der Waals surface area contributed by atoms with Gasteiger partial charge in [0.05, 0.1) is 58.8 Å². The van der Waals surface area contributed by atoms with Crippen molar-refractivity contribution in [2.75, 3.05) is 88.7 Å². The summed E-state index contributed by atoms with van der Waals surface area (Å²) < 4.78 is 0. The molecule has 4 aromatic heterocycles. The van der Waals surface area contributed by atoms with Gasteiger partial charge in [-0.25, -0.2) is 0 Å². The monoisotopic (exact) mass is 993 g/mol. The largest absolute Gasteiger partial charge is 0.400 e. The van der Waals surface area contributed by atoms with Gasteiger partial charge < -0.3 is 30.3 Å². The van der Waals surface area contributed by atoms with Crippen molar-refractivity contribution in [3.63, 3.8) is 0 Å². The zero-order chi connectivity index (χ0) is 53.9. The van der Waals surface area contributed by atoms with Crippen molar-refractivity contribution < 1.29 is 38.7 Å². The maximum absolute atomic E-state index is 14.8. The van der Waals surface area contributed by atoms with E-state index in [0.29, 0.717) is 48.7 Å². The van der Waals surface area contributed by atoms with E-state index < -0.39 is 46.8 Å². The predicted molar refractivity (Wildman–Crippen MR) is 275 cm³/mol. The van der Waals surface area contributed by atoms with Gasteiger partial charge in [-0.2, -0.15) is 0 Å². The summed E-state index contributed by atoms with van der Waals surface area (Å²) in [5.74, 6) is -3.43. The van der Waals surface area contributed by atoms with Gasteiger partial charge in [-0.3, -0.25) is 58.5 Å². The van der Waals surface area contributed by atoms with E-state index in [1.807, 2.05) is 107 Å². The minimum absolute atomic E-state index is 0.213. The Morgan fingerprint density at radius 2 is 0.958 bits per heavy atom. The van der Waals surface area contributed by atoms with Crippen molar-refractivity contribution in [3.8, 4) is 0 Å². The van der Waals surface area contributed by atoms with E-state index in [-0.39, 0.29) is 34.7 Å². The Morgan fingerprint density at radius 1 is 0.611 bits per heavy atom. The molecule has 7 rings (SSSR count). The number of hydrogen-bond donors (Lipinski definition) is 2. The van der Waals surface area contributed by atoms with Crippen LogP contribution < -0.4 is 5.73 Å². The molecule has 2 bridgehead atoms. The molecule has 72 heavy (non-hydrogen) atoms.